The number of carbonyl (C=O) groups is 3. The lowest BCUT2D eigenvalue weighted by Crippen LogP contribution is -2.30. The zero-order chi connectivity index (χ0) is 50.7. The van der Waals surface area contributed by atoms with Crippen LogP contribution in [0.15, 0.2) is 72.9 Å². The summed E-state index contributed by atoms with van der Waals surface area (Å²) in [4.78, 5) is 38.2. The van der Waals surface area contributed by atoms with Crippen molar-refractivity contribution in [3.63, 3.8) is 0 Å². The van der Waals surface area contributed by atoms with Crippen molar-refractivity contribution in [1.82, 2.24) is 0 Å². The molecule has 0 fully saturated rings. The van der Waals surface area contributed by atoms with Gasteiger partial charge in [-0.15, -0.1) is 0 Å². The van der Waals surface area contributed by atoms with Crippen molar-refractivity contribution in [1.29, 1.82) is 0 Å². The van der Waals surface area contributed by atoms with Gasteiger partial charge in [-0.2, -0.15) is 0 Å². The fourth-order valence-corrected chi connectivity index (χ4v) is 8.42. The molecule has 1 atom stereocenters. The van der Waals surface area contributed by atoms with Crippen LogP contribution in [-0.4, -0.2) is 37.2 Å². The van der Waals surface area contributed by atoms with E-state index in [1.807, 2.05) is 0 Å². The summed E-state index contributed by atoms with van der Waals surface area (Å²) in [6, 6.07) is 0. The van der Waals surface area contributed by atoms with Gasteiger partial charge >= 0.3 is 17.9 Å². The first-order valence-corrected chi connectivity index (χ1v) is 29.9. The van der Waals surface area contributed by atoms with E-state index in [-0.39, 0.29) is 31.1 Å². The van der Waals surface area contributed by atoms with Gasteiger partial charge in [-0.1, -0.05) is 241 Å². The highest BCUT2D eigenvalue weighted by molar-refractivity contribution is 5.71. The second kappa shape index (κ2) is 58.4. The fraction of sp³-hybridized carbons (Fsp3) is 0.766. The predicted octanol–water partition coefficient (Wildman–Crippen LogP) is 20.2. The van der Waals surface area contributed by atoms with Gasteiger partial charge in [0.15, 0.2) is 6.10 Å². The van der Waals surface area contributed by atoms with E-state index in [9.17, 15) is 14.4 Å². The maximum absolute atomic E-state index is 12.9. The van der Waals surface area contributed by atoms with E-state index in [1.54, 1.807) is 0 Å². The van der Waals surface area contributed by atoms with Crippen LogP contribution in [0, 0.1) is 0 Å². The zero-order valence-corrected chi connectivity index (χ0v) is 46.3. The van der Waals surface area contributed by atoms with Gasteiger partial charge in [-0.05, 0) is 109 Å². The van der Waals surface area contributed by atoms with Crippen LogP contribution in [0.1, 0.15) is 297 Å². The van der Waals surface area contributed by atoms with Gasteiger partial charge < -0.3 is 14.2 Å². The first kappa shape index (κ1) is 66.9. The molecule has 1 unspecified atom stereocenters. The largest absolute Gasteiger partial charge is 0.462 e. The molecule has 0 saturated carbocycles. The Kier molecular flexibility index (Phi) is 55.8. The Bertz CT molecular complexity index is 1310. The molecule has 0 aliphatic carbocycles. The summed E-state index contributed by atoms with van der Waals surface area (Å²) in [5, 5.41) is 0. The van der Waals surface area contributed by atoms with E-state index in [2.05, 4.69) is 93.7 Å². The summed E-state index contributed by atoms with van der Waals surface area (Å²) < 4.78 is 16.9. The molecule has 0 aliphatic heterocycles. The Morgan fingerprint density at radius 2 is 0.557 bits per heavy atom. The van der Waals surface area contributed by atoms with E-state index >= 15 is 0 Å². The highest BCUT2D eigenvalue weighted by Crippen LogP contribution is 2.15. The molecule has 0 spiro atoms. The SMILES string of the molecule is CC/C=C\C/C=C\C/C=C\C/C=C\CCCCCCCCCCCCC(=O)OCC(COC(=O)CCCCCCC/C=C\CCCCCC)OC(=O)CCCCCCC/C=C\CCCCCCCCC. The van der Waals surface area contributed by atoms with Gasteiger partial charge in [-0.3, -0.25) is 14.4 Å². The fourth-order valence-electron chi connectivity index (χ4n) is 8.42. The Morgan fingerprint density at radius 3 is 0.900 bits per heavy atom. The lowest BCUT2D eigenvalue weighted by Gasteiger charge is -2.18. The number of ether oxygens (including phenoxy) is 3. The highest BCUT2D eigenvalue weighted by atomic mass is 16.6. The maximum atomic E-state index is 12.9. The molecule has 0 aromatic rings. The average Bonchev–Trinajstić information content (AvgIpc) is 3.36. The smallest absolute Gasteiger partial charge is 0.306 e. The van der Waals surface area contributed by atoms with E-state index < -0.39 is 6.10 Å². The van der Waals surface area contributed by atoms with Crippen LogP contribution in [0.4, 0.5) is 0 Å². The van der Waals surface area contributed by atoms with Gasteiger partial charge in [0, 0.05) is 19.3 Å². The minimum atomic E-state index is -0.785. The number of unbranched alkanes of at least 4 members (excludes halogenated alkanes) is 31. The van der Waals surface area contributed by atoms with Crippen LogP contribution in [0.3, 0.4) is 0 Å². The molecule has 0 aliphatic rings. The molecule has 0 rings (SSSR count). The lowest BCUT2D eigenvalue weighted by molar-refractivity contribution is -0.167. The molecule has 404 valence electrons. The summed E-state index contributed by atoms with van der Waals surface area (Å²) in [5.41, 5.74) is 0. The molecule has 0 heterocycles. The molecule has 0 amide bonds. The van der Waals surface area contributed by atoms with Gasteiger partial charge in [0.1, 0.15) is 13.2 Å². The van der Waals surface area contributed by atoms with Crippen molar-refractivity contribution in [2.45, 2.75) is 303 Å². The number of carbonyl (C=O) groups excluding carboxylic acids is 3. The van der Waals surface area contributed by atoms with E-state index in [1.165, 1.54) is 154 Å². The molecule has 0 N–H and O–H groups in total. The van der Waals surface area contributed by atoms with Crippen molar-refractivity contribution in [2.75, 3.05) is 13.2 Å². The predicted molar refractivity (Wildman–Crippen MR) is 302 cm³/mol. The van der Waals surface area contributed by atoms with Gasteiger partial charge in [0.2, 0.25) is 0 Å². The van der Waals surface area contributed by atoms with Gasteiger partial charge in [0.25, 0.3) is 0 Å². The quantitative estimate of drug-likeness (QED) is 0.0261. The molecule has 6 heteroatoms. The third kappa shape index (κ3) is 55.8. The molecule has 70 heavy (non-hydrogen) atoms. The first-order valence-electron chi connectivity index (χ1n) is 29.9. The molecular weight excluding hydrogens is 865 g/mol. The minimum absolute atomic E-state index is 0.0824. The molecule has 0 aromatic heterocycles. The van der Waals surface area contributed by atoms with Crippen LogP contribution in [-0.2, 0) is 28.6 Å². The molecular formula is C64H112O6. The Balaban J connectivity index is 4.34. The Labute approximate surface area is 433 Å². The van der Waals surface area contributed by atoms with Crippen molar-refractivity contribution in [2.24, 2.45) is 0 Å². The summed E-state index contributed by atoms with van der Waals surface area (Å²) >= 11 is 0. The molecule has 0 bridgehead atoms. The van der Waals surface area contributed by atoms with Crippen molar-refractivity contribution < 1.29 is 28.6 Å². The normalized spacial score (nSPS) is 12.6. The third-order valence-corrected chi connectivity index (χ3v) is 12.9. The van der Waals surface area contributed by atoms with Gasteiger partial charge in [0.05, 0.1) is 0 Å². The average molecular weight is 978 g/mol. The van der Waals surface area contributed by atoms with Crippen molar-refractivity contribution >= 4 is 17.9 Å². The number of hydrogen-bond donors (Lipinski definition) is 0. The highest BCUT2D eigenvalue weighted by Gasteiger charge is 2.19. The Morgan fingerprint density at radius 1 is 0.300 bits per heavy atom. The maximum Gasteiger partial charge on any atom is 0.306 e. The van der Waals surface area contributed by atoms with Crippen molar-refractivity contribution in [3.05, 3.63) is 72.9 Å². The first-order chi connectivity index (χ1) is 34.5. The van der Waals surface area contributed by atoms with Crippen molar-refractivity contribution in [3.8, 4) is 0 Å². The topological polar surface area (TPSA) is 78.9 Å². The lowest BCUT2D eigenvalue weighted by atomic mass is 10.1. The monoisotopic (exact) mass is 977 g/mol. The van der Waals surface area contributed by atoms with E-state index in [4.69, 9.17) is 14.2 Å². The van der Waals surface area contributed by atoms with Crippen LogP contribution < -0.4 is 0 Å². The standard InChI is InChI=1S/C64H112O6/c1-4-7-10-13-16-19-22-25-27-29-30-31-32-33-34-35-37-39-42-45-48-51-54-57-63(66)69-60-61(59-68-62(65)56-53-50-47-44-41-38-24-21-18-15-12-9-6-3)70-64(67)58-55-52-49-46-43-40-36-28-26-23-20-17-14-11-8-5-2/h7,10,16,19,21,24-25,27-28,30-31,36,61H,4-6,8-9,11-15,17-18,20,22-23,26,29,32-35,37-60H2,1-3H3/b10-7-,19-16-,24-21-,27-25-,31-30-,36-28-. The summed E-state index contributed by atoms with van der Waals surface area (Å²) in [6.45, 7) is 6.52. The number of hydrogen-bond acceptors (Lipinski definition) is 6. The van der Waals surface area contributed by atoms with Crippen LogP contribution in [0.25, 0.3) is 0 Å². The van der Waals surface area contributed by atoms with Crippen LogP contribution >= 0.6 is 0 Å². The van der Waals surface area contributed by atoms with Gasteiger partial charge in [-0.25, -0.2) is 0 Å². The second-order valence-corrected chi connectivity index (χ2v) is 19.9. The minimum Gasteiger partial charge on any atom is -0.462 e. The van der Waals surface area contributed by atoms with Crippen LogP contribution in [0.2, 0.25) is 0 Å². The zero-order valence-electron chi connectivity index (χ0n) is 46.3. The number of rotatable bonds is 54. The number of allylic oxidation sites excluding steroid dienone is 12. The summed E-state index contributed by atoms with van der Waals surface area (Å²) in [6.07, 6.45) is 74.6. The van der Waals surface area contributed by atoms with Crippen LogP contribution in [0.5, 0.6) is 0 Å². The molecule has 0 aromatic carbocycles. The Hall–Kier alpha value is -3.15. The molecule has 0 saturated heterocycles. The number of esters is 3. The second-order valence-electron chi connectivity index (χ2n) is 19.9. The summed E-state index contributed by atoms with van der Waals surface area (Å²) in [5.74, 6) is -0.893. The molecule has 0 radical (unpaired) electrons. The molecule has 6 nitrogen and oxygen atoms in total. The summed E-state index contributed by atoms with van der Waals surface area (Å²) in [7, 11) is 0. The third-order valence-electron chi connectivity index (χ3n) is 12.9. The van der Waals surface area contributed by atoms with E-state index in [0.717, 1.165) is 103 Å². The van der Waals surface area contributed by atoms with E-state index in [0.29, 0.717) is 19.3 Å².